The SMILES string of the molecule is COCC(=O)Nc1ccc(-c2c(-c3ccc4c(c3)OCO4)nn(-c3cc(C)ccc3C)c2OC(C)=O)cc1. The van der Waals surface area contributed by atoms with Gasteiger partial charge in [-0.05, 0) is 66.9 Å². The van der Waals surface area contributed by atoms with Crippen molar-refractivity contribution in [3.05, 3.63) is 71.8 Å². The molecular weight excluding hydrogens is 486 g/mol. The zero-order valence-electron chi connectivity index (χ0n) is 21.5. The van der Waals surface area contributed by atoms with Gasteiger partial charge in [0.25, 0.3) is 0 Å². The summed E-state index contributed by atoms with van der Waals surface area (Å²) >= 11 is 0. The second-order valence-corrected chi connectivity index (χ2v) is 8.95. The molecule has 0 saturated heterocycles. The fourth-order valence-electron chi connectivity index (χ4n) is 4.30. The van der Waals surface area contributed by atoms with Crippen molar-refractivity contribution in [3.8, 4) is 45.5 Å². The Balaban J connectivity index is 1.71. The zero-order valence-corrected chi connectivity index (χ0v) is 21.5. The molecule has 1 aromatic heterocycles. The smallest absolute Gasteiger partial charge is 0.309 e. The van der Waals surface area contributed by atoms with Crippen molar-refractivity contribution in [2.24, 2.45) is 0 Å². The van der Waals surface area contributed by atoms with Crippen LogP contribution in [-0.2, 0) is 14.3 Å². The molecule has 1 amide bonds. The van der Waals surface area contributed by atoms with Crippen LogP contribution in [0.5, 0.6) is 17.4 Å². The second kappa shape index (κ2) is 10.4. The zero-order chi connectivity index (χ0) is 26.8. The molecule has 0 atom stereocenters. The van der Waals surface area contributed by atoms with Crippen LogP contribution < -0.4 is 19.5 Å². The van der Waals surface area contributed by atoms with Gasteiger partial charge in [-0.25, -0.2) is 0 Å². The fourth-order valence-corrected chi connectivity index (χ4v) is 4.30. The van der Waals surface area contributed by atoms with Crippen molar-refractivity contribution in [1.82, 2.24) is 9.78 Å². The molecule has 9 heteroatoms. The van der Waals surface area contributed by atoms with E-state index in [4.69, 9.17) is 24.0 Å². The predicted octanol–water partition coefficient (Wildman–Crippen LogP) is 5.06. The Hall–Kier alpha value is -4.63. The van der Waals surface area contributed by atoms with E-state index in [1.54, 1.807) is 16.8 Å². The normalized spacial score (nSPS) is 11.9. The molecular formula is C29H27N3O6. The number of hydrogen-bond acceptors (Lipinski definition) is 7. The van der Waals surface area contributed by atoms with Crippen LogP contribution in [0.25, 0.3) is 28.1 Å². The summed E-state index contributed by atoms with van der Waals surface area (Å²) < 4.78 is 23.5. The number of esters is 1. The van der Waals surface area contributed by atoms with Crippen LogP contribution in [0.1, 0.15) is 18.1 Å². The van der Waals surface area contributed by atoms with Gasteiger partial charge in [0.05, 0.1) is 11.3 Å². The van der Waals surface area contributed by atoms with E-state index < -0.39 is 5.97 Å². The number of carbonyl (C=O) groups excluding carboxylic acids is 2. The van der Waals surface area contributed by atoms with E-state index in [2.05, 4.69) is 5.32 Å². The molecule has 0 saturated carbocycles. The summed E-state index contributed by atoms with van der Waals surface area (Å²) in [5.74, 6) is 0.818. The largest absolute Gasteiger partial charge is 0.454 e. The summed E-state index contributed by atoms with van der Waals surface area (Å²) in [5.41, 5.74) is 6.12. The van der Waals surface area contributed by atoms with E-state index in [0.29, 0.717) is 28.4 Å². The van der Waals surface area contributed by atoms with E-state index >= 15 is 0 Å². The van der Waals surface area contributed by atoms with Crippen molar-refractivity contribution in [2.75, 3.05) is 25.8 Å². The van der Waals surface area contributed by atoms with Crippen molar-refractivity contribution in [3.63, 3.8) is 0 Å². The summed E-state index contributed by atoms with van der Waals surface area (Å²) in [5, 5.41) is 7.75. The van der Waals surface area contributed by atoms with Crippen LogP contribution in [0.4, 0.5) is 5.69 Å². The number of hydrogen-bond donors (Lipinski definition) is 1. The first kappa shape index (κ1) is 25.0. The van der Waals surface area contributed by atoms with Crippen LogP contribution in [0.2, 0.25) is 0 Å². The van der Waals surface area contributed by atoms with E-state index in [-0.39, 0.29) is 25.2 Å². The van der Waals surface area contributed by atoms with Gasteiger partial charge in [-0.15, -0.1) is 0 Å². The maximum Gasteiger partial charge on any atom is 0.309 e. The van der Waals surface area contributed by atoms with Crippen LogP contribution in [0.3, 0.4) is 0 Å². The van der Waals surface area contributed by atoms with Crippen LogP contribution in [-0.4, -0.2) is 42.2 Å². The first-order valence-corrected chi connectivity index (χ1v) is 12.0. The van der Waals surface area contributed by atoms with Gasteiger partial charge in [-0.3, -0.25) is 9.59 Å². The summed E-state index contributed by atoms with van der Waals surface area (Å²) in [4.78, 5) is 24.3. The monoisotopic (exact) mass is 513 g/mol. The van der Waals surface area contributed by atoms with Crippen molar-refractivity contribution >= 4 is 17.6 Å². The molecule has 2 heterocycles. The molecule has 0 spiro atoms. The molecule has 1 N–H and O–H groups in total. The van der Waals surface area contributed by atoms with Gasteiger partial charge in [-0.1, -0.05) is 24.3 Å². The molecule has 1 aliphatic rings. The molecule has 4 aromatic rings. The molecule has 1 aliphatic heterocycles. The quantitative estimate of drug-likeness (QED) is 0.345. The topological polar surface area (TPSA) is 101 Å². The number of anilines is 1. The lowest BCUT2D eigenvalue weighted by atomic mass is 10.0. The Morgan fingerprint density at radius 2 is 1.71 bits per heavy atom. The van der Waals surface area contributed by atoms with Gasteiger partial charge in [-0.2, -0.15) is 9.78 Å². The summed E-state index contributed by atoms with van der Waals surface area (Å²) in [6, 6.07) is 18.8. The molecule has 0 aliphatic carbocycles. The maximum atomic E-state index is 12.3. The standard InChI is InChI=1S/C29H27N3O6/c1-17-5-6-18(2)23(13-17)32-29(38-19(3)33)27(20-7-10-22(11-8-20)30-26(34)15-35-4)28(31-32)21-9-12-24-25(14-21)37-16-36-24/h5-14H,15-16H2,1-4H3,(H,30,34). The molecule has 38 heavy (non-hydrogen) atoms. The first-order valence-electron chi connectivity index (χ1n) is 12.0. The summed E-state index contributed by atoms with van der Waals surface area (Å²) in [7, 11) is 1.46. The minimum Gasteiger partial charge on any atom is -0.454 e. The van der Waals surface area contributed by atoms with Crippen LogP contribution in [0, 0.1) is 13.8 Å². The summed E-state index contributed by atoms with van der Waals surface area (Å²) in [6.45, 7) is 5.44. The van der Waals surface area contributed by atoms with E-state index in [0.717, 1.165) is 27.9 Å². The molecule has 0 unspecified atom stereocenters. The number of fused-ring (bicyclic) bond motifs is 1. The minimum atomic E-state index is -0.474. The fraction of sp³-hybridized carbons (Fsp3) is 0.207. The third-order valence-corrected chi connectivity index (χ3v) is 6.06. The van der Waals surface area contributed by atoms with Crippen LogP contribution in [0.15, 0.2) is 60.7 Å². The molecule has 5 rings (SSSR count). The third kappa shape index (κ3) is 4.96. The Bertz CT molecular complexity index is 1520. The van der Waals surface area contributed by atoms with E-state index in [1.807, 2.05) is 62.4 Å². The lowest BCUT2D eigenvalue weighted by Gasteiger charge is -2.12. The van der Waals surface area contributed by atoms with Gasteiger partial charge in [0.1, 0.15) is 12.3 Å². The van der Waals surface area contributed by atoms with Gasteiger partial charge < -0.3 is 24.3 Å². The van der Waals surface area contributed by atoms with Gasteiger partial charge in [0.15, 0.2) is 11.5 Å². The Kier molecular flexibility index (Phi) is 6.85. The number of amides is 1. The molecule has 9 nitrogen and oxygen atoms in total. The number of carbonyl (C=O) groups is 2. The van der Waals surface area contributed by atoms with Crippen molar-refractivity contribution in [1.29, 1.82) is 0 Å². The lowest BCUT2D eigenvalue weighted by molar-refractivity contribution is -0.132. The second-order valence-electron chi connectivity index (χ2n) is 8.95. The van der Waals surface area contributed by atoms with Crippen molar-refractivity contribution in [2.45, 2.75) is 20.8 Å². The van der Waals surface area contributed by atoms with Gasteiger partial charge >= 0.3 is 5.97 Å². The van der Waals surface area contributed by atoms with Gasteiger partial charge in [0, 0.05) is 25.3 Å². The third-order valence-electron chi connectivity index (χ3n) is 6.06. The number of rotatable bonds is 7. The highest BCUT2D eigenvalue weighted by Gasteiger charge is 2.26. The number of benzene rings is 3. The number of nitrogens with zero attached hydrogens (tertiary/aromatic N) is 2. The van der Waals surface area contributed by atoms with E-state index in [9.17, 15) is 9.59 Å². The molecule has 0 bridgehead atoms. The van der Waals surface area contributed by atoms with Gasteiger partial charge in [0.2, 0.25) is 18.6 Å². The molecule has 0 fully saturated rings. The minimum absolute atomic E-state index is 0.0464. The highest BCUT2D eigenvalue weighted by Crippen LogP contribution is 2.44. The lowest BCUT2D eigenvalue weighted by Crippen LogP contribution is -2.16. The highest BCUT2D eigenvalue weighted by molar-refractivity contribution is 5.93. The molecule has 194 valence electrons. The average Bonchev–Trinajstić information content (AvgIpc) is 3.50. The van der Waals surface area contributed by atoms with E-state index in [1.165, 1.54) is 14.0 Å². The summed E-state index contributed by atoms with van der Waals surface area (Å²) in [6.07, 6.45) is 0. The number of aryl methyl sites for hydroxylation is 2. The number of methoxy groups -OCH3 is 1. The average molecular weight is 514 g/mol. The molecule has 0 radical (unpaired) electrons. The predicted molar refractivity (Wildman–Crippen MR) is 142 cm³/mol. The Morgan fingerprint density at radius 1 is 0.974 bits per heavy atom. The Morgan fingerprint density at radius 3 is 2.45 bits per heavy atom. The molecule has 3 aromatic carbocycles. The number of nitrogens with one attached hydrogen (secondary N) is 1. The maximum absolute atomic E-state index is 12.3. The van der Waals surface area contributed by atoms with Crippen molar-refractivity contribution < 1.29 is 28.5 Å². The Labute approximate surface area is 219 Å². The number of aromatic nitrogens is 2. The first-order chi connectivity index (χ1) is 18.3. The highest BCUT2D eigenvalue weighted by atomic mass is 16.7. The number of ether oxygens (including phenoxy) is 4. The van der Waals surface area contributed by atoms with Crippen LogP contribution >= 0.6 is 0 Å².